The molecule has 3 N–H and O–H groups in total. The third kappa shape index (κ3) is 8.16. The average molecular weight is 527 g/mol. The smallest absolute Gasteiger partial charge is 0.396 e. The van der Waals surface area contributed by atoms with Crippen LogP contribution in [0.25, 0.3) is 0 Å². The van der Waals surface area contributed by atoms with Crippen molar-refractivity contribution in [2.24, 2.45) is 5.92 Å². The molecule has 0 heterocycles. The van der Waals surface area contributed by atoms with Gasteiger partial charge in [-0.15, -0.1) is 0 Å². The van der Waals surface area contributed by atoms with E-state index in [0.29, 0.717) is 44.8 Å². The normalized spacial score (nSPS) is 16.9. The van der Waals surface area contributed by atoms with Crippen molar-refractivity contribution < 1.29 is 26.9 Å². The molecule has 9 heteroatoms. The van der Waals surface area contributed by atoms with Gasteiger partial charge in [-0.2, -0.15) is 12.3 Å². The summed E-state index contributed by atoms with van der Waals surface area (Å²) >= 11 is 0. The number of methoxy groups -OCH3 is 1. The number of nitrogens with one attached hydrogen (secondary N) is 2. The van der Waals surface area contributed by atoms with Crippen molar-refractivity contribution in [3.8, 4) is 5.75 Å². The van der Waals surface area contributed by atoms with Crippen molar-refractivity contribution in [1.82, 2.24) is 10.0 Å². The number of rotatable bonds is 16. The topological polar surface area (TPSA) is 105 Å². The van der Waals surface area contributed by atoms with E-state index in [4.69, 9.17) is 4.74 Å². The van der Waals surface area contributed by atoms with Crippen LogP contribution in [0.15, 0.2) is 24.3 Å². The third-order valence-corrected chi connectivity index (χ3v) is 9.49. The van der Waals surface area contributed by atoms with Crippen LogP contribution in [0.2, 0.25) is 0 Å². The van der Waals surface area contributed by atoms with Gasteiger partial charge in [0.05, 0.1) is 20.2 Å². The van der Waals surface area contributed by atoms with Crippen LogP contribution in [0.5, 0.6) is 5.75 Å². The fourth-order valence-corrected chi connectivity index (χ4v) is 7.68. The van der Waals surface area contributed by atoms with E-state index in [-0.39, 0.29) is 16.9 Å². The summed E-state index contributed by atoms with van der Waals surface area (Å²) in [6, 6.07) is 7.20. The summed E-state index contributed by atoms with van der Waals surface area (Å²) in [7, 11) is -2.44. The average Bonchev–Trinajstić information content (AvgIpc) is 2.87. The number of ether oxygens (including phenoxy) is 1. The molecule has 2 unspecified atom stereocenters. The van der Waals surface area contributed by atoms with Crippen molar-refractivity contribution in [3.05, 3.63) is 29.8 Å². The molecule has 206 valence electrons. The van der Waals surface area contributed by atoms with Crippen molar-refractivity contribution >= 4 is 16.1 Å². The monoisotopic (exact) mass is 526 g/mol. The Morgan fingerprint density at radius 2 is 1.81 bits per heavy atom. The molecule has 36 heavy (non-hydrogen) atoms. The Balaban J connectivity index is 2.35. The molecular weight excluding hydrogens is 478 g/mol. The lowest BCUT2D eigenvalue weighted by atomic mass is 9.83. The van der Waals surface area contributed by atoms with Crippen molar-refractivity contribution in [3.63, 3.8) is 0 Å². The van der Waals surface area contributed by atoms with Gasteiger partial charge in [-0.25, -0.2) is 4.72 Å². The Bertz CT molecular complexity index is 896. The highest BCUT2D eigenvalue weighted by atomic mass is 32.2. The summed E-state index contributed by atoms with van der Waals surface area (Å²) in [5.74, 6) is 0.635. The van der Waals surface area contributed by atoms with Crippen LogP contribution in [-0.2, 0) is 21.5 Å². The highest BCUT2D eigenvalue weighted by Crippen LogP contribution is 2.34. The quantitative estimate of drug-likeness (QED) is 0.282. The van der Waals surface area contributed by atoms with E-state index in [1.807, 2.05) is 38.1 Å². The SMILES string of the molecule is CCC[N+](CCC)(C(CC1CCCCC1)C(O)CNCc1cccc(OC)c1)S(=O)(=O)NC(=O)CC. The molecule has 0 aliphatic heterocycles. The van der Waals surface area contributed by atoms with Crippen LogP contribution in [-0.4, -0.2) is 62.2 Å². The second kappa shape index (κ2) is 14.9. The van der Waals surface area contributed by atoms with E-state index >= 15 is 0 Å². The Labute approximate surface area is 218 Å². The van der Waals surface area contributed by atoms with Gasteiger partial charge in [-0.05, 0) is 36.5 Å². The highest BCUT2D eigenvalue weighted by molar-refractivity contribution is 7.84. The first-order valence-corrected chi connectivity index (χ1v) is 15.1. The van der Waals surface area contributed by atoms with Crippen LogP contribution in [0, 0.1) is 5.92 Å². The van der Waals surface area contributed by atoms with Gasteiger partial charge in [0.25, 0.3) is 0 Å². The van der Waals surface area contributed by atoms with E-state index in [1.54, 1.807) is 14.0 Å². The zero-order valence-corrected chi connectivity index (χ0v) is 23.5. The van der Waals surface area contributed by atoms with Crippen molar-refractivity contribution in [1.29, 1.82) is 0 Å². The summed E-state index contributed by atoms with van der Waals surface area (Å²) in [4.78, 5) is 12.3. The van der Waals surface area contributed by atoms with Crippen molar-refractivity contribution in [2.75, 3.05) is 26.7 Å². The molecule has 2 rings (SSSR count). The second-order valence-corrected chi connectivity index (χ2v) is 12.0. The fourth-order valence-electron chi connectivity index (χ4n) is 5.64. The standard InChI is InChI=1S/C27H47N3O5S/c1-5-16-30(17-6-2,36(33,34)29-27(32)7-3)25(19-22-12-9-8-10-13-22)26(31)21-28-20-23-14-11-15-24(18-23)35-4/h11,14-15,18,22,25-26,28,31H,5-10,12-13,16-17,19-21H2,1-4H3/p+1. The predicted octanol–water partition coefficient (Wildman–Crippen LogP) is 3.89. The van der Waals surface area contributed by atoms with E-state index in [9.17, 15) is 18.3 Å². The number of benzene rings is 1. The first-order valence-electron chi connectivity index (χ1n) is 13.7. The number of carbonyl (C=O) groups is 1. The van der Waals surface area contributed by atoms with Crippen LogP contribution in [0.3, 0.4) is 0 Å². The van der Waals surface area contributed by atoms with E-state index < -0.39 is 28.3 Å². The summed E-state index contributed by atoms with van der Waals surface area (Å²) in [5.41, 5.74) is 1.02. The van der Waals surface area contributed by atoms with E-state index in [2.05, 4.69) is 10.0 Å². The molecular formula is C27H48N3O5S+. The Kier molecular flexibility index (Phi) is 12.6. The molecule has 8 nitrogen and oxygen atoms in total. The first kappa shape index (κ1) is 30.5. The molecule has 1 aromatic rings. The molecule has 1 aromatic carbocycles. The minimum Gasteiger partial charge on any atom is -0.497 e. The second-order valence-electron chi connectivity index (χ2n) is 10.1. The van der Waals surface area contributed by atoms with Gasteiger partial charge in [0.1, 0.15) is 17.9 Å². The predicted molar refractivity (Wildman–Crippen MR) is 144 cm³/mol. The highest BCUT2D eigenvalue weighted by Gasteiger charge is 2.51. The molecule has 0 aromatic heterocycles. The number of hydrogen-bond acceptors (Lipinski definition) is 6. The molecule has 0 radical (unpaired) electrons. The maximum atomic E-state index is 13.9. The summed E-state index contributed by atoms with van der Waals surface area (Å²) in [6.07, 6.45) is 6.70. The summed E-state index contributed by atoms with van der Waals surface area (Å²) < 4.78 is 35.0. The van der Waals surface area contributed by atoms with Crippen LogP contribution in [0.4, 0.5) is 0 Å². The van der Waals surface area contributed by atoms with Gasteiger partial charge in [0.15, 0.2) is 0 Å². The lowest BCUT2D eigenvalue weighted by Gasteiger charge is -2.45. The first-order chi connectivity index (χ1) is 17.2. The van der Waals surface area contributed by atoms with E-state index in [0.717, 1.165) is 37.0 Å². The third-order valence-electron chi connectivity index (χ3n) is 7.41. The number of aliphatic hydroxyl groups excluding tert-OH is 1. The lowest BCUT2D eigenvalue weighted by Crippen LogP contribution is -2.68. The zero-order valence-electron chi connectivity index (χ0n) is 22.7. The number of aliphatic hydroxyl groups is 1. The van der Waals surface area contributed by atoms with Crippen LogP contribution >= 0.6 is 0 Å². The number of carbonyl (C=O) groups excluding carboxylic acids is 1. The number of amides is 1. The number of nitrogens with zero attached hydrogens (tertiary/aromatic N) is 1. The van der Waals surface area contributed by atoms with Crippen molar-refractivity contribution in [2.45, 2.75) is 97.2 Å². The Morgan fingerprint density at radius 3 is 2.39 bits per heavy atom. The largest absolute Gasteiger partial charge is 0.497 e. The Morgan fingerprint density at radius 1 is 1.14 bits per heavy atom. The summed E-state index contributed by atoms with van der Waals surface area (Å²) in [6.45, 7) is 7.07. The molecule has 1 amide bonds. The van der Waals surface area contributed by atoms with Gasteiger partial charge in [0.2, 0.25) is 5.91 Å². The minimum atomic E-state index is -4.07. The number of hydrogen-bond donors (Lipinski definition) is 3. The van der Waals surface area contributed by atoms with Gasteiger partial charge >= 0.3 is 10.2 Å². The molecule has 0 spiro atoms. The minimum absolute atomic E-state index is 0.0927. The molecule has 1 aliphatic carbocycles. The molecule has 1 fully saturated rings. The maximum absolute atomic E-state index is 13.9. The molecule has 0 bridgehead atoms. The van der Waals surface area contributed by atoms with Crippen LogP contribution < -0.4 is 14.8 Å². The number of quaternary nitrogens is 1. The van der Waals surface area contributed by atoms with Gasteiger partial charge in [-0.3, -0.25) is 4.79 Å². The van der Waals surface area contributed by atoms with Gasteiger partial charge in [0, 0.05) is 25.9 Å². The molecule has 0 saturated heterocycles. The molecule has 1 saturated carbocycles. The lowest BCUT2D eigenvalue weighted by molar-refractivity contribution is -0.839. The van der Waals surface area contributed by atoms with Gasteiger partial charge < -0.3 is 15.2 Å². The van der Waals surface area contributed by atoms with Crippen LogP contribution in [0.1, 0.15) is 84.1 Å². The maximum Gasteiger partial charge on any atom is 0.396 e. The molecule has 1 aliphatic rings. The fraction of sp³-hybridized carbons (Fsp3) is 0.741. The Hall–Kier alpha value is -1.68. The van der Waals surface area contributed by atoms with E-state index in [1.165, 1.54) is 6.42 Å². The molecule has 2 atom stereocenters. The zero-order chi connectivity index (χ0) is 26.6. The summed E-state index contributed by atoms with van der Waals surface area (Å²) in [5, 5.41) is 14.9. The van der Waals surface area contributed by atoms with Gasteiger partial charge in [-0.1, -0.05) is 65.0 Å².